The largest absolute Gasteiger partial charge is 0.393 e. The van der Waals surface area contributed by atoms with Crippen molar-refractivity contribution in [3.05, 3.63) is 35.6 Å². The highest BCUT2D eigenvalue weighted by Crippen LogP contribution is 2.42. The van der Waals surface area contributed by atoms with Gasteiger partial charge in [0.25, 0.3) is 0 Å². The van der Waals surface area contributed by atoms with E-state index in [9.17, 15) is 9.50 Å². The van der Waals surface area contributed by atoms with Crippen molar-refractivity contribution in [1.82, 2.24) is 0 Å². The van der Waals surface area contributed by atoms with Crippen molar-refractivity contribution in [3.8, 4) is 0 Å². The first-order valence-electron chi connectivity index (χ1n) is 4.62. The lowest BCUT2D eigenvalue weighted by Gasteiger charge is -2.39. The average Bonchev–Trinajstić information content (AvgIpc) is 2.15. The molecule has 1 aromatic carbocycles. The predicted octanol–water partition coefficient (Wildman–Crippen LogP) is 2.31. The van der Waals surface area contributed by atoms with Gasteiger partial charge in [-0.15, -0.1) is 0 Å². The maximum atomic E-state index is 13.3. The Hall–Kier alpha value is -0.890. The number of aliphatic hydroxyl groups is 1. The Labute approximate surface area is 77.2 Å². The molecule has 0 saturated heterocycles. The van der Waals surface area contributed by atoms with Crippen molar-refractivity contribution in [3.63, 3.8) is 0 Å². The summed E-state index contributed by atoms with van der Waals surface area (Å²) in [6, 6.07) is 6.82. The second kappa shape index (κ2) is 3.11. The van der Waals surface area contributed by atoms with Gasteiger partial charge in [0.15, 0.2) is 0 Å². The molecule has 0 aromatic heterocycles. The first-order chi connectivity index (χ1) is 6.20. The topological polar surface area (TPSA) is 20.2 Å². The molecular weight excluding hydrogens is 167 g/mol. The van der Waals surface area contributed by atoms with Gasteiger partial charge in [0.2, 0.25) is 0 Å². The van der Waals surface area contributed by atoms with E-state index in [1.54, 1.807) is 6.07 Å². The van der Waals surface area contributed by atoms with E-state index in [1.165, 1.54) is 6.07 Å². The van der Waals surface area contributed by atoms with E-state index in [1.807, 2.05) is 19.1 Å². The zero-order chi connectivity index (χ0) is 9.42. The van der Waals surface area contributed by atoms with Crippen LogP contribution in [-0.4, -0.2) is 11.2 Å². The maximum absolute atomic E-state index is 13.3. The molecule has 1 fully saturated rings. The van der Waals surface area contributed by atoms with Gasteiger partial charge in [0.1, 0.15) is 5.82 Å². The molecule has 1 aromatic rings. The van der Waals surface area contributed by atoms with Crippen molar-refractivity contribution in [2.75, 3.05) is 0 Å². The lowest BCUT2D eigenvalue weighted by atomic mass is 9.68. The van der Waals surface area contributed by atoms with Crippen LogP contribution in [0.1, 0.15) is 24.8 Å². The summed E-state index contributed by atoms with van der Waals surface area (Å²) in [5.74, 6) is 0.249. The Bertz CT molecular complexity index is 311. The van der Waals surface area contributed by atoms with Gasteiger partial charge in [0.05, 0.1) is 6.10 Å². The molecule has 0 radical (unpaired) electrons. The Morgan fingerprint density at radius 1 is 1.38 bits per heavy atom. The van der Waals surface area contributed by atoms with Crippen LogP contribution in [-0.2, 0) is 0 Å². The number of hydrogen-bond acceptors (Lipinski definition) is 1. The third-order valence-corrected chi connectivity index (χ3v) is 3.04. The molecular formula is C11H13FO. The summed E-state index contributed by atoms with van der Waals surface area (Å²) in [6.45, 7) is 1.96. The monoisotopic (exact) mass is 180 g/mol. The molecule has 70 valence electrons. The van der Waals surface area contributed by atoms with Crippen molar-refractivity contribution >= 4 is 0 Å². The summed E-state index contributed by atoms with van der Waals surface area (Å²) in [5.41, 5.74) is 0.750. The molecule has 1 N–H and O–H groups in total. The minimum absolute atomic E-state index is 0.147. The van der Waals surface area contributed by atoms with Crippen LogP contribution in [0.2, 0.25) is 0 Å². The third kappa shape index (κ3) is 1.35. The minimum Gasteiger partial charge on any atom is -0.393 e. The highest BCUT2D eigenvalue weighted by Gasteiger charge is 2.38. The van der Waals surface area contributed by atoms with Crippen LogP contribution in [0.25, 0.3) is 0 Å². The fraction of sp³-hybridized carbons (Fsp3) is 0.455. The number of hydrogen-bond donors (Lipinski definition) is 1. The molecule has 0 aliphatic heterocycles. The standard InChI is InChI=1S/C11H13FO/c1-7-9(6-11(7)13)8-4-2-3-5-10(8)12/h2-5,7,9,11,13H,6H2,1H3. The lowest BCUT2D eigenvalue weighted by Crippen LogP contribution is -2.37. The quantitative estimate of drug-likeness (QED) is 0.703. The molecule has 0 amide bonds. The van der Waals surface area contributed by atoms with Crippen LogP contribution in [0.4, 0.5) is 4.39 Å². The molecule has 2 rings (SSSR count). The van der Waals surface area contributed by atoms with Gasteiger partial charge in [-0.1, -0.05) is 25.1 Å². The van der Waals surface area contributed by atoms with E-state index in [0.717, 1.165) is 5.56 Å². The summed E-state index contributed by atoms with van der Waals surface area (Å²) in [5, 5.41) is 9.32. The van der Waals surface area contributed by atoms with E-state index in [2.05, 4.69) is 0 Å². The Balaban J connectivity index is 2.23. The number of aliphatic hydroxyl groups excluding tert-OH is 1. The summed E-state index contributed by atoms with van der Waals surface area (Å²) in [6.07, 6.45) is 0.451. The van der Waals surface area contributed by atoms with Crippen molar-refractivity contribution in [1.29, 1.82) is 0 Å². The first kappa shape index (κ1) is 8.70. The second-order valence-corrected chi connectivity index (χ2v) is 3.79. The zero-order valence-corrected chi connectivity index (χ0v) is 7.57. The average molecular weight is 180 g/mol. The fourth-order valence-electron chi connectivity index (χ4n) is 1.95. The summed E-state index contributed by atoms with van der Waals surface area (Å²) >= 11 is 0. The molecule has 3 unspecified atom stereocenters. The third-order valence-electron chi connectivity index (χ3n) is 3.04. The number of rotatable bonds is 1. The van der Waals surface area contributed by atoms with Crippen molar-refractivity contribution in [2.24, 2.45) is 5.92 Å². The van der Waals surface area contributed by atoms with Gasteiger partial charge in [-0.2, -0.15) is 0 Å². The highest BCUT2D eigenvalue weighted by atomic mass is 19.1. The number of halogens is 1. The molecule has 0 heterocycles. The van der Waals surface area contributed by atoms with E-state index in [0.29, 0.717) is 6.42 Å². The smallest absolute Gasteiger partial charge is 0.126 e. The van der Waals surface area contributed by atoms with Gasteiger partial charge in [-0.05, 0) is 29.9 Å². The Morgan fingerprint density at radius 3 is 2.62 bits per heavy atom. The molecule has 13 heavy (non-hydrogen) atoms. The van der Waals surface area contributed by atoms with Crippen LogP contribution in [0.15, 0.2) is 24.3 Å². The maximum Gasteiger partial charge on any atom is 0.126 e. The summed E-state index contributed by atoms with van der Waals surface area (Å²) in [4.78, 5) is 0. The van der Waals surface area contributed by atoms with Crippen LogP contribution in [0.3, 0.4) is 0 Å². The molecule has 1 aliphatic rings. The molecule has 3 atom stereocenters. The second-order valence-electron chi connectivity index (χ2n) is 3.79. The van der Waals surface area contributed by atoms with Crippen LogP contribution < -0.4 is 0 Å². The molecule has 0 spiro atoms. The van der Waals surface area contributed by atoms with E-state index in [-0.39, 0.29) is 23.8 Å². The minimum atomic E-state index is -0.246. The zero-order valence-electron chi connectivity index (χ0n) is 7.57. The SMILES string of the molecule is CC1C(O)CC1c1ccccc1F. The van der Waals surface area contributed by atoms with Gasteiger partial charge < -0.3 is 5.11 Å². The van der Waals surface area contributed by atoms with Crippen LogP contribution >= 0.6 is 0 Å². The molecule has 1 saturated carbocycles. The van der Waals surface area contributed by atoms with Gasteiger partial charge in [-0.25, -0.2) is 4.39 Å². The van der Waals surface area contributed by atoms with E-state index in [4.69, 9.17) is 0 Å². The van der Waals surface area contributed by atoms with Crippen molar-refractivity contribution < 1.29 is 9.50 Å². The van der Waals surface area contributed by atoms with E-state index >= 15 is 0 Å². The summed E-state index contributed by atoms with van der Waals surface area (Å²) in [7, 11) is 0. The Morgan fingerprint density at radius 2 is 2.08 bits per heavy atom. The molecule has 1 nitrogen and oxygen atoms in total. The van der Waals surface area contributed by atoms with Gasteiger partial charge >= 0.3 is 0 Å². The predicted molar refractivity (Wildman–Crippen MR) is 48.9 cm³/mol. The first-order valence-corrected chi connectivity index (χ1v) is 4.62. The normalized spacial score (nSPS) is 32.7. The highest BCUT2D eigenvalue weighted by molar-refractivity contribution is 5.25. The Kier molecular flexibility index (Phi) is 2.08. The van der Waals surface area contributed by atoms with Crippen molar-refractivity contribution in [2.45, 2.75) is 25.4 Å². The molecule has 0 bridgehead atoms. The van der Waals surface area contributed by atoms with Crippen LogP contribution in [0, 0.1) is 11.7 Å². The van der Waals surface area contributed by atoms with E-state index < -0.39 is 0 Å². The van der Waals surface area contributed by atoms with Gasteiger partial charge in [-0.3, -0.25) is 0 Å². The van der Waals surface area contributed by atoms with Gasteiger partial charge in [0, 0.05) is 0 Å². The molecule has 2 heteroatoms. The lowest BCUT2D eigenvalue weighted by molar-refractivity contribution is 0.0106. The summed E-state index contributed by atoms with van der Waals surface area (Å²) < 4.78 is 13.3. The number of benzene rings is 1. The van der Waals surface area contributed by atoms with Crippen LogP contribution in [0.5, 0.6) is 0 Å². The molecule has 1 aliphatic carbocycles. The fourth-order valence-corrected chi connectivity index (χ4v) is 1.95.